The smallest absolute Gasteiger partial charge is 0.341 e. The van der Waals surface area contributed by atoms with E-state index in [9.17, 15) is 4.79 Å². The zero-order valence-corrected chi connectivity index (χ0v) is 17.4. The summed E-state index contributed by atoms with van der Waals surface area (Å²) in [5.41, 5.74) is 5.35. The van der Waals surface area contributed by atoms with Gasteiger partial charge >= 0.3 is 5.97 Å². The normalized spacial score (nSPS) is 17.6. The van der Waals surface area contributed by atoms with Crippen molar-refractivity contribution in [1.29, 1.82) is 0 Å². The van der Waals surface area contributed by atoms with Crippen molar-refractivity contribution in [1.82, 2.24) is 4.90 Å². The molecule has 0 aliphatic carbocycles. The van der Waals surface area contributed by atoms with E-state index in [0.717, 1.165) is 37.4 Å². The Hall–Kier alpha value is -2.73. The molecule has 2 aromatic rings. The SMILES string of the molecule is CCOC(=O)c1cc2c(cc1OC)CCN1Cc3c(ccc(OC)c3OC)C[C@@H]21. The van der Waals surface area contributed by atoms with Crippen LogP contribution in [0.2, 0.25) is 0 Å². The van der Waals surface area contributed by atoms with E-state index in [-0.39, 0.29) is 12.0 Å². The molecular weight excluding hydrogens is 370 g/mol. The molecule has 0 radical (unpaired) electrons. The number of esters is 1. The van der Waals surface area contributed by atoms with Crippen LogP contribution in [0.25, 0.3) is 0 Å². The number of nitrogens with zero attached hydrogens (tertiary/aromatic N) is 1. The third-order valence-electron chi connectivity index (χ3n) is 5.94. The molecule has 0 amide bonds. The summed E-state index contributed by atoms with van der Waals surface area (Å²) in [4.78, 5) is 14.9. The van der Waals surface area contributed by atoms with Crippen molar-refractivity contribution in [2.45, 2.75) is 32.4 Å². The van der Waals surface area contributed by atoms with E-state index in [2.05, 4.69) is 11.0 Å². The molecule has 29 heavy (non-hydrogen) atoms. The minimum absolute atomic E-state index is 0.212. The van der Waals surface area contributed by atoms with Crippen molar-refractivity contribution in [2.24, 2.45) is 0 Å². The summed E-state index contributed by atoms with van der Waals surface area (Å²) in [5.74, 6) is 1.82. The Labute approximate surface area is 171 Å². The maximum atomic E-state index is 12.5. The van der Waals surface area contributed by atoms with Gasteiger partial charge in [-0.1, -0.05) is 6.07 Å². The van der Waals surface area contributed by atoms with Gasteiger partial charge < -0.3 is 18.9 Å². The van der Waals surface area contributed by atoms with Gasteiger partial charge in [0.2, 0.25) is 0 Å². The van der Waals surface area contributed by atoms with E-state index in [4.69, 9.17) is 18.9 Å². The molecule has 6 nitrogen and oxygen atoms in total. The lowest BCUT2D eigenvalue weighted by atomic mass is 9.83. The van der Waals surface area contributed by atoms with Gasteiger partial charge in [0.25, 0.3) is 0 Å². The number of rotatable bonds is 5. The third kappa shape index (κ3) is 3.31. The molecule has 0 fully saturated rings. The van der Waals surface area contributed by atoms with E-state index >= 15 is 0 Å². The van der Waals surface area contributed by atoms with Crippen molar-refractivity contribution < 1.29 is 23.7 Å². The lowest BCUT2D eigenvalue weighted by Crippen LogP contribution is -2.39. The second-order valence-corrected chi connectivity index (χ2v) is 7.35. The maximum Gasteiger partial charge on any atom is 0.341 e. The van der Waals surface area contributed by atoms with Crippen LogP contribution in [0, 0.1) is 0 Å². The summed E-state index contributed by atoms with van der Waals surface area (Å²) < 4.78 is 21.9. The molecule has 0 saturated carbocycles. The molecular formula is C23H27NO5. The average molecular weight is 397 g/mol. The highest BCUT2D eigenvalue weighted by atomic mass is 16.5. The van der Waals surface area contributed by atoms with E-state index in [0.29, 0.717) is 17.9 Å². The molecule has 6 heteroatoms. The largest absolute Gasteiger partial charge is 0.496 e. The van der Waals surface area contributed by atoms with Crippen LogP contribution in [0.5, 0.6) is 17.2 Å². The van der Waals surface area contributed by atoms with Gasteiger partial charge in [0.1, 0.15) is 11.3 Å². The Morgan fingerprint density at radius 1 is 1.07 bits per heavy atom. The van der Waals surface area contributed by atoms with Gasteiger partial charge in [-0.15, -0.1) is 0 Å². The topological polar surface area (TPSA) is 57.2 Å². The fraction of sp³-hybridized carbons (Fsp3) is 0.435. The van der Waals surface area contributed by atoms with Crippen LogP contribution in [-0.4, -0.2) is 45.4 Å². The lowest BCUT2D eigenvalue weighted by Gasteiger charge is -2.42. The zero-order valence-electron chi connectivity index (χ0n) is 17.4. The van der Waals surface area contributed by atoms with E-state index in [1.54, 1.807) is 21.3 Å². The van der Waals surface area contributed by atoms with Gasteiger partial charge in [0.05, 0.1) is 27.9 Å². The van der Waals surface area contributed by atoms with E-state index in [1.807, 2.05) is 25.1 Å². The van der Waals surface area contributed by atoms with Crippen LogP contribution >= 0.6 is 0 Å². The Morgan fingerprint density at radius 2 is 1.86 bits per heavy atom. The number of benzene rings is 2. The highest BCUT2D eigenvalue weighted by molar-refractivity contribution is 5.93. The summed E-state index contributed by atoms with van der Waals surface area (Å²) in [7, 11) is 4.95. The summed E-state index contributed by atoms with van der Waals surface area (Å²) in [6, 6.07) is 8.27. The summed E-state index contributed by atoms with van der Waals surface area (Å²) in [6.45, 7) is 3.88. The molecule has 2 heterocycles. The first-order chi connectivity index (χ1) is 14.1. The molecule has 0 aromatic heterocycles. The number of hydrogen-bond donors (Lipinski definition) is 0. The molecule has 4 rings (SSSR count). The molecule has 154 valence electrons. The molecule has 1 atom stereocenters. The molecule has 2 aliphatic heterocycles. The minimum Gasteiger partial charge on any atom is -0.496 e. The highest BCUT2D eigenvalue weighted by Crippen LogP contribution is 2.44. The Morgan fingerprint density at radius 3 is 2.55 bits per heavy atom. The molecule has 0 bridgehead atoms. The van der Waals surface area contributed by atoms with Crippen LogP contribution in [0.4, 0.5) is 0 Å². The first-order valence-electron chi connectivity index (χ1n) is 9.95. The van der Waals surface area contributed by atoms with Crippen molar-refractivity contribution >= 4 is 5.97 Å². The number of fused-ring (bicyclic) bond motifs is 4. The highest BCUT2D eigenvalue weighted by Gasteiger charge is 2.35. The summed E-state index contributed by atoms with van der Waals surface area (Å²) in [6.07, 6.45) is 1.77. The fourth-order valence-electron chi connectivity index (χ4n) is 4.56. The standard InChI is InChI=1S/C23H27NO5/c1-5-29-23(25)17-12-16-15(11-21(17)27-3)8-9-24-13-18-14(10-19(16)24)6-7-20(26-2)22(18)28-4/h6-7,11-12,19H,5,8-10,13H2,1-4H3/t19-/m0/s1. The lowest BCUT2D eigenvalue weighted by molar-refractivity contribution is 0.0522. The van der Waals surface area contributed by atoms with Crippen LogP contribution in [0.15, 0.2) is 24.3 Å². The van der Waals surface area contributed by atoms with Crippen molar-refractivity contribution in [3.05, 3.63) is 52.1 Å². The number of carbonyl (C=O) groups is 1. The van der Waals surface area contributed by atoms with Crippen LogP contribution in [0.3, 0.4) is 0 Å². The van der Waals surface area contributed by atoms with Crippen molar-refractivity contribution in [3.8, 4) is 17.2 Å². The van der Waals surface area contributed by atoms with Crippen molar-refractivity contribution in [3.63, 3.8) is 0 Å². The third-order valence-corrected chi connectivity index (χ3v) is 5.94. The Balaban J connectivity index is 1.76. The molecule has 0 saturated heterocycles. The minimum atomic E-state index is -0.341. The van der Waals surface area contributed by atoms with Gasteiger partial charge in [0.15, 0.2) is 11.5 Å². The van der Waals surface area contributed by atoms with E-state index < -0.39 is 0 Å². The molecule has 0 N–H and O–H groups in total. The maximum absolute atomic E-state index is 12.5. The van der Waals surface area contributed by atoms with Gasteiger partial charge in [0, 0.05) is 24.7 Å². The molecule has 2 aromatic carbocycles. The van der Waals surface area contributed by atoms with Gasteiger partial charge in [-0.05, 0) is 54.7 Å². The first kappa shape index (κ1) is 19.6. The quantitative estimate of drug-likeness (QED) is 0.720. The Kier molecular flexibility index (Phi) is 5.37. The number of carbonyl (C=O) groups excluding carboxylic acids is 1. The summed E-state index contributed by atoms with van der Waals surface area (Å²) in [5, 5.41) is 0. The van der Waals surface area contributed by atoms with Crippen LogP contribution < -0.4 is 14.2 Å². The summed E-state index contributed by atoms with van der Waals surface area (Å²) >= 11 is 0. The fourth-order valence-corrected chi connectivity index (χ4v) is 4.56. The van der Waals surface area contributed by atoms with Crippen molar-refractivity contribution in [2.75, 3.05) is 34.5 Å². The predicted octanol–water partition coefficient (Wildman–Crippen LogP) is 3.54. The van der Waals surface area contributed by atoms with Gasteiger partial charge in [-0.2, -0.15) is 0 Å². The molecule has 0 unspecified atom stereocenters. The predicted molar refractivity (Wildman–Crippen MR) is 109 cm³/mol. The van der Waals surface area contributed by atoms with Gasteiger partial charge in [-0.25, -0.2) is 4.79 Å². The van der Waals surface area contributed by atoms with Crippen LogP contribution in [-0.2, 0) is 24.1 Å². The number of hydrogen-bond acceptors (Lipinski definition) is 6. The monoisotopic (exact) mass is 397 g/mol. The number of ether oxygens (including phenoxy) is 4. The van der Waals surface area contributed by atoms with Gasteiger partial charge in [-0.3, -0.25) is 4.90 Å². The van der Waals surface area contributed by atoms with Crippen LogP contribution in [0.1, 0.15) is 45.6 Å². The first-order valence-corrected chi connectivity index (χ1v) is 9.95. The Bertz CT molecular complexity index is 939. The molecule has 0 spiro atoms. The average Bonchev–Trinajstić information content (AvgIpc) is 2.75. The molecule has 2 aliphatic rings. The second kappa shape index (κ2) is 7.95. The number of methoxy groups -OCH3 is 3. The van der Waals surface area contributed by atoms with E-state index in [1.165, 1.54) is 22.3 Å². The second-order valence-electron chi connectivity index (χ2n) is 7.35. The zero-order chi connectivity index (χ0) is 20.5.